The molecule has 2 N–H and O–H groups in total. The normalized spacial score (nSPS) is 13.4. The average molecular weight is 246 g/mol. The number of nitrogens with zero attached hydrogens (tertiary/aromatic N) is 3. The van der Waals surface area contributed by atoms with Gasteiger partial charge < -0.3 is 15.2 Å². The van der Waals surface area contributed by atoms with Crippen molar-refractivity contribution in [2.24, 2.45) is 0 Å². The predicted octanol–water partition coefficient (Wildman–Crippen LogP) is 2.44. The SMILES string of the molecule is Cc1nc2cc(N)ccc2n1C(C)CCN(C)C. The van der Waals surface area contributed by atoms with Crippen LogP contribution in [-0.2, 0) is 0 Å². The Bertz CT molecular complexity index is 542. The number of hydrogen-bond donors (Lipinski definition) is 1. The topological polar surface area (TPSA) is 47.1 Å². The van der Waals surface area contributed by atoms with Gasteiger partial charge in [-0.1, -0.05) is 0 Å². The Hall–Kier alpha value is -1.55. The van der Waals surface area contributed by atoms with Crippen LogP contribution >= 0.6 is 0 Å². The Kier molecular flexibility index (Phi) is 3.57. The number of hydrogen-bond acceptors (Lipinski definition) is 3. The van der Waals surface area contributed by atoms with Crippen LogP contribution < -0.4 is 5.73 Å². The standard InChI is InChI=1S/C14H22N4/c1-10(7-8-17(3)4)18-11(2)16-13-9-12(15)5-6-14(13)18/h5-6,9-10H,7-8,15H2,1-4H3. The lowest BCUT2D eigenvalue weighted by Gasteiger charge is -2.18. The van der Waals surface area contributed by atoms with Gasteiger partial charge in [-0.25, -0.2) is 4.98 Å². The van der Waals surface area contributed by atoms with E-state index in [0.717, 1.165) is 30.0 Å². The van der Waals surface area contributed by atoms with Crippen LogP contribution in [0, 0.1) is 6.92 Å². The van der Waals surface area contributed by atoms with E-state index in [4.69, 9.17) is 5.73 Å². The van der Waals surface area contributed by atoms with E-state index >= 15 is 0 Å². The molecule has 1 heterocycles. The fourth-order valence-corrected chi connectivity index (χ4v) is 2.37. The van der Waals surface area contributed by atoms with Gasteiger partial charge in [0.2, 0.25) is 0 Å². The number of anilines is 1. The summed E-state index contributed by atoms with van der Waals surface area (Å²) >= 11 is 0. The van der Waals surface area contributed by atoms with Crippen molar-refractivity contribution >= 4 is 16.7 Å². The van der Waals surface area contributed by atoms with E-state index in [1.54, 1.807) is 0 Å². The van der Waals surface area contributed by atoms with Gasteiger partial charge in [-0.05, 0) is 59.1 Å². The first-order chi connectivity index (χ1) is 8.49. The lowest BCUT2D eigenvalue weighted by atomic mass is 10.2. The minimum Gasteiger partial charge on any atom is -0.399 e. The zero-order chi connectivity index (χ0) is 13.3. The molecule has 1 aromatic carbocycles. The van der Waals surface area contributed by atoms with E-state index in [2.05, 4.69) is 48.5 Å². The second-order valence-corrected chi connectivity index (χ2v) is 5.22. The highest BCUT2D eigenvalue weighted by Gasteiger charge is 2.13. The maximum atomic E-state index is 5.80. The van der Waals surface area contributed by atoms with Gasteiger partial charge in [0.15, 0.2) is 0 Å². The molecule has 1 atom stereocenters. The molecule has 2 aromatic rings. The number of imidazole rings is 1. The molecule has 18 heavy (non-hydrogen) atoms. The molecule has 0 saturated heterocycles. The first kappa shape index (κ1) is 12.9. The second kappa shape index (κ2) is 4.98. The minimum atomic E-state index is 0.445. The molecule has 1 unspecified atom stereocenters. The van der Waals surface area contributed by atoms with Crippen LogP contribution in [0.4, 0.5) is 5.69 Å². The summed E-state index contributed by atoms with van der Waals surface area (Å²) in [6, 6.07) is 6.40. The van der Waals surface area contributed by atoms with E-state index in [9.17, 15) is 0 Å². The molecular formula is C14H22N4. The van der Waals surface area contributed by atoms with Crippen molar-refractivity contribution in [3.63, 3.8) is 0 Å². The molecule has 2 rings (SSSR count). The molecule has 0 amide bonds. The third-order valence-electron chi connectivity index (χ3n) is 3.32. The fraction of sp³-hybridized carbons (Fsp3) is 0.500. The van der Waals surface area contributed by atoms with Crippen molar-refractivity contribution in [1.29, 1.82) is 0 Å². The summed E-state index contributed by atoms with van der Waals surface area (Å²) < 4.78 is 2.30. The van der Waals surface area contributed by atoms with Crippen LogP contribution in [0.25, 0.3) is 11.0 Å². The number of nitrogen functional groups attached to an aromatic ring is 1. The Morgan fingerprint density at radius 3 is 2.78 bits per heavy atom. The van der Waals surface area contributed by atoms with Crippen LogP contribution in [0.5, 0.6) is 0 Å². The molecule has 4 heteroatoms. The Balaban J connectivity index is 2.34. The molecule has 4 nitrogen and oxygen atoms in total. The van der Waals surface area contributed by atoms with Crippen molar-refractivity contribution in [3.8, 4) is 0 Å². The van der Waals surface area contributed by atoms with E-state index in [0.29, 0.717) is 6.04 Å². The predicted molar refractivity (Wildman–Crippen MR) is 76.8 cm³/mol. The van der Waals surface area contributed by atoms with Gasteiger partial charge >= 0.3 is 0 Å². The van der Waals surface area contributed by atoms with Crippen molar-refractivity contribution in [1.82, 2.24) is 14.5 Å². The minimum absolute atomic E-state index is 0.445. The number of aromatic nitrogens is 2. The van der Waals surface area contributed by atoms with Crippen LogP contribution in [0.15, 0.2) is 18.2 Å². The van der Waals surface area contributed by atoms with Gasteiger partial charge in [0, 0.05) is 11.7 Å². The monoisotopic (exact) mass is 246 g/mol. The highest BCUT2D eigenvalue weighted by atomic mass is 15.1. The van der Waals surface area contributed by atoms with Gasteiger partial charge in [-0.2, -0.15) is 0 Å². The molecule has 0 fully saturated rings. The molecule has 0 spiro atoms. The maximum absolute atomic E-state index is 5.80. The van der Waals surface area contributed by atoms with Crippen LogP contribution in [0.2, 0.25) is 0 Å². The molecular weight excluding hydrogens is 224 g/mol. The molecule has 1 aromatic heterocycles. The number of fused-ring (bicyclic) bond motifs is 1. The molecule has 98 valence electrons. The summed E-state index contributed by atoms with van der Waals surface area (Å²) in [4.78, 5) is 6.80. The Labute approximate surface area is 108 Å². The molecule has 0 saturated carbocycles. The number of benzene rings is 1. The van der Waals surface area contributed by atoms with Gasteiger partial charge in [-0.15, -0.1) is 0 Å². The lowest BCUT2D eigenvalue weighted by Crippen LogP contribution is -2.18. The number of aryl methyl sites for hydroxylation is 1. The van der Waals surface area contributed by atoms with Crippen LogP contribution in [-0.4, -0.2) is 35.1 Å². The van der Waals surface area contributed by atoms with Crippen molar-refractivity contribution in [2.75, 3.05) is 26.4 Å². The third kappa shape index (κ3) is 2.48. The average Bonchev–Trinajstić information content (AvgIpc) is 2.61. The summed E-state index contributed by atoms with van der Waals surface area (Å²) in [5.74, 6) is 1.06. The first-order valence-corrected chi connectivity index (χ1v) is 6.38. The van der Waals surface area contributed by atoms with E-state index in [-0.39, 0.29) is 0 Å². The number of rotatable bonds is 4. The highest BCUT2D eigenvalue weighted by Crippen LogP contribution is 2.24. The Morgan fingerprint density at radius 1 is 1.39 bits per heavy atom. The summed E-state index contributed by atoms with van der Waals surface area (Å²) in [5.41, 5.74) is 8.74. The first-order valence-electron chi connectivity index (χ1n) is 6.38. The van der Waals surface area contributed by atoms with Gasteiger partial charge in [0.05, 0.1) is 11.0 Å². The van der Waals surface area contributed by atoms with E-state index in [1.165, 1.54) is 5.52 Å². The Morgan fingerprint density at radius 2 is 2.11 bits per heavy atom. The third-order valence-corrected chi connectivity index (χ3v) is 3.32. The molecule has 0 bridgehead atoms. The smallest absolute Gasteiger partial charge is 0.106 e. The summed E-state index contributed by atoms with van der Waals surface area (Å²) in [5, 5.41) is 0. The fourth-order valence-electron chi connectivity index (χ4n) is 2.37. The van der Waals surface area contributed by atoms with Gasteiger partial charge in [-0.3, -0.25) is 0 Å². The molecule has 0 aliphatic heterocycles. The maximum Gasteiger partial charge on any atom is 0.106 e. The second-order valence-electron chi connectivity index (χ2n) is 5.22. The van der Waals surface area contributed by atoms with E-state index in [1.807, 2.05) is 12.1 Å². The zero-order valence-electron chi connectivity index (χ0n) is 11.6. The highest BCUT2D eigenvalue weighted by molar-refractivity contribution is 5.79. The lowest BCUT2D eigenvalue weighted by molar-refractivity contribution is 0.358. The summed E-state index contributed by atoms with van der Waals surface area (Å²) in [6.07, 6.45) is 1.11. The summed E-state index contributed by atoms with van der Waals surface area (Å²) in [6.45, 7) is 5.38. The molecule has 0 aliphatic rings. The molecule has 0 radical (unpaired) electrons. The van der Waals surface area contributed by atoms with Gasteiger partial charge in [0.25, 0.3) is 0 Å². The molecule has 0 aliphatic carbocycles. The quantitative estimate of drug-likeness (QED) is 0.843. The van der Waals surface area contributed by atoms with E-state index < -0.39 is 0 Å². The van der Waals surface area contributed by atoms with Gasteiger partial charge in [0.1, 0.15) is 5.82 Å². The van der Waals surface area contributed by atoms with Crippen molar-refractivity contribution in [2.45, 2.75) is 26.3 Å². The summed E-state index contributed by atoms with van der Waals surface area (Å²) in [7, 11) is 4.21. The van der Waals surface area contributed by atoms with Crippen molar-refractivity contribution in [3.05, 3.63) is 24.0 Å². The van der Waals surface area contributed by atoms with Crippen LogP contribution in [0.3, 0.4) is 0 Å². The van der Waals surface area contributed by atoms with Crippen LogP contribution in [0.1, 0.15) is 25.2 Å². The van der Waals surface area contributed by atoms with Crippen molar-refractivity contribution < 1.29 is 0 Å². The number of nitrogens with two attached hydrogens (primary N) is 1. The largest absolute Gasteiger partial charge is 0.399 e. The zero-order valence-corrected chi connectivity index (χ0v) is 11.6.